The molecule has 2 rings (SSSR count). The van der Waals surface area contributed by atoms with Crippen molar-refractivity contribution in [2.45, 2.75) is 51.1 Å². The van der Waals surface area contributed by atoms with Crippen LogP contribution in [0.5, 0.6) is 0 Å². The molecule has 38 heavy (non-hydrogen) atoms. The molecule has 2 aromatic rings. The predicted octanol–water partition coefficient (Wildman–Crippen LogP) is 2.54. The summed E-state index contributed by atoms with van der Waals surface area (Å²) < 4.78 is 0. The van der Waals surface area contributed by atoms with Gasteiger partial charge in [-0.05, 0) is 44.6 Å². The highest BCUT2D eigenvalue weighted by atomic mass is 32.1. The van der Waals surface area contributed by atoms with Gasteiger partial charge in [0.2, 0.25) is 17.0 Å². The molecule has 0 bridgehead atoms. The lowest BCUT2D eigenvalue weighted by Crippen LogP contribution is -2.50. The Bertz CT molecular complexity index is 1040. The summed E-state index contributed by atoms with van der Waals surface area (Å²) in [7, 11) is 1.51. The molecular weight excluding hydrogens is 516 g/mol. The SMILES string of the molecule is C[C@H](NOC=O)[C@@H](CCCc1ccccc1)C(=O)N[C@@H](CCCN(C)N=N[N+](=O)[O-])C(=O)Nc1nccs1. The Morgan fingerprint density at radius 2 is 2.00 bits per heavy atom. The van der Waals surface area contributed by atoms with Crippen molar-refractivity contribution in [2.24, 2.45) is 16.4 Å². The molecule has 0 saturated carbocycles. The highest BCUT2D eigenvalue weighted by molar-refractivity contribution is 7.13. The first-order chi connectivity index (χ1) is 18.3. The zero-order valence-corrected chi connectivity index (χ0v) is 22.0. The lowest BCUT2D eigenvalue weighted by molar-refractivity contribution is -0.496. The van der Waals surface area contributed by atoms with E-state index in [0.717, 1.165) is 12.0 Å². The average Bonchev–Trinajstić information content (AvgIpc) is 3.41. The van der Waals surface area contributed by atoms with Gasteiger partial charge in [-0.3, -0.25) is 14.4 Å². The first-order valence-electron chi connectivity index (χ1n) is 12.0. The van der Waals surface area contributed by atoms with Crippen LogP contribution in [0.25, 0.3) is 0 Å². The van der Waals surface area contributed by atoms with Gasteiger partial charge in [-0.15, -0.1) is 16.8 Å². The minimum Gasteiger partial charge on any atom is -0.373 e. The predicted molar refractivity (Wildman–Crippen MR) is 139 cm³/mol. The van der Waals surface area contributed by atoms with E-state index in [-0.39, 0.29) is 25.3 Å². The van der Waals surface area contributed by atoms with Crippen LogP contribution < -0.4 is 16.1 Å². The standard InChI is InChI=1S/C23H32N8O6S/c1-17(27-37-16-32)19(11-6-10-18-8-4-3-5-9-18)21(33)25-20(22(34)26-23-24-13-15-38-23)12-7-14-30(2)28-29-31(35)36/h3-5,8-9,13,15-17,19-20,27H,6-7,10-12,14H2,1-2H3,(H,25,33)(H,24,26,34)/t17-,19+,20-/m0/s1. The zero-order valence-electron chi connectivity index (χ0n) is 21.2. The molecule has 2 amide bonds. The summed E-state index contributed by atoms with van der Waals surface area (Å²) in [6, 6.07) is 8.41. The van der Waals surface area contributed by atoms with Crippen LogP contribution in [0, 0.1) is 16.0 Å². The van der Waals surface area contributed by atoms with Gasteiger partial charge >= 0.3 is 6.47 Å². The van der Waals surface area contributed by atoms with Gasteiger partial charge in [-0.2, -0.15) is 5.01 Å². The number of aromatic nitrogens is 1. The van der Waals surface area contributed by atoms with Crippen molar-refractivity contribution in [2.75, 3.05) is 18.9 Å². The van der Waals surface area contributed by atoms with Crippen LogP contribution in [0.2, 0.25) is 0 Å². The number of anilines is 1. The van der Waals surface area contributed by atoms with Gasteiger partial charge in [0.25, 0.3) is 0 Å². The molecule has 3 atom stereocenters. The summed E-state index contributed by atoms with van der Waals surface area (Å²) in [4.78, 5) is 56.2. The molecule has 0 unspecified atom stereocenters. The summed E-state index contributed by atoms with van der Waals surface area (Å²) in [6.07, 6.45) is 4.07. The highest BCUT2D eigenvalue weighted by Gasteiger charge is 2.30. The molecular formula is C23H32N8O6S. The minimum absolute atomic E-state index is 0.227. The Balaban J connectivity index is 2.07. The summed E-state index contributed by atoms with van der Waals surface area (Å²) in [5.74, 6) is -1.44. The van der Waals surface area contributed by atoms with Crippen LogP contribution in [-0.4, -0.2) is 59.0 Å². The number of hydrogen-bond acceptors (Lipinski definition) is 10. The first kappa shape index (κ1) is 30.2. The third-order valence-electron chi connectivity index (χ3n) is 5.60. The first-order valence-corrected chi connectivity index (χ1v) is 12.8. The van der Waals surface area contributed by atoms with E-state index in [4.69, 9.17) is 0 Å². The van der Waals surface area contributed by atoms with E-state index in [1.807, 2.05) is 30.3 Å². The second-order valence-electron chi connectivity index (χ2n) is 8.43. The van der Waals surface area contributed by atoms with Crippen LogP contribution in [-0.2, 0) is 25.6 Å². The van der Waals surface area contributed by atoms with Crippen molar-refractivity contribution in [3.8, 4) is 0 Å². The van der Waals surface area contributed by atoms with Crippen molar-refractivity contribution in [3.05, 3.63) is 57.6 Å². The second kappa shape index (κ2) is 16.7. The number of nitrogens with one attached hydrogen (secondary N) is 3. The van der Waals surface area contributed by atoms with Gasteiger partial charge < -0.3 is 25.6 Å². The van der Waals surface area contributed by atoms with Crippen LogP contribution in [0.4, 0.5) is 5.13 Å². The largest absolute Gasteiger partial charge is 0.373 e. The number of nitrogens with zero attached hydrogens (tertiary/aromatic N) is 5. The number of carbonyl (C=O) groups excluding carboxylic acids is 3. The number of benzene rings is 1. The van der Waals surface area contributed by atoms with E-state index < -0.39 is 28.9 Å². The maximum absolute atomic E-state index is 13.4. The van der Waals surface area contributed by atoms with Crippen LogP contribution in [0.1, 0.15) is 38.2 Å². The van der Waals surface area contributed by atoms with E-state index in [1.54, 1.807) is 18.5 Å². The van der Waals surface area contributed by atoms with Gasteiger partial charge in [0.15, 0.2) is 10.4 Å². The Kier molecular flexibility index (Phi) is 13.3. The van der Waals surface area contributed by atoms with Crippen LogP contribution in [0.15, 0.2) is 52.4 Å². The van der Waals surface area contributed by atoms with Crippen molar-refractivity contribution in [1.29, 1.82) is 0 Å². The smallest absolute Gasteiger partial charge is 0.312 e. The molecule has 1 heterocycles. The molecule has 206 valence electrons. The molecule has 0 saturated heterocycles. The van der Waals surface area contributed by atoms with Gasteiger partial charge in [0.05, 0.1) is 23.5 Å². The highest BCUT2D eigenvalue weighted by Crippen LogP contribution is 2.17. The molecule has 0 aliphatic heterocycles. The molecule has 0 fully saturated rings. The third kappa shape index (κ3) is 11.4. The normalized spacial score (nSPS) is 13.3. The molecule has 1 aromatic carbocycles. The van der Waals surface area contributed by atoms with Crippen molar-refractivity contribution in [1.82, 2.24) is 20.8 Å². The number of amides is 2. The topological polar surface area (TPSA) is 181 Å². The van der Waals surface area contributed by atoms with Crippen molar-refractivity contribution < 1.29 is 24.3 Å². The molecule has 0 aliphatic rings. The summed E-state index contributed by atoms with van der Waals surface area (Å²) in [6.45, 7) is 2.22. The fourth-order valence-electron chi connectivity index (χ4n) is 3.69. The van der Waals surface area contributed by atoms with E-state index in [0.29, 0.717) is 24.4 Å². The quantitative estimate of drug-likeness (QED) is 0.109. The Morgan fingerprint density at radius 3 is 2.66 bits per heavy atom. The van der Waals surface area contributed by atoms with E-state index in [9.17, 15) is 24.5 Å². The molecule has 14 nitrogen and oxygen atoms in total. The van der Waals surface area contributed by atoms with Gasteiger partial charge in [-0.1, -0.05) is 30.3 Å². The number of nitro groups is 1. The fourth-order valence-corrected chi connectivity index (χ4v) is 4.22. The third-order valence-corrected chi connectivity index (χ3v) is 6.29. The number of carbonyl (C=O) groups is 3. The van der Waals surface area contributed by atoms with Crippen LogP contribution in [0.3, 0.4) is 0 Å². The lowest BCUT2D eigenvalue weighted by Gasteiger charge is -2.26. The molecule has 3 N–H and O–H groups in total. The molecule has 15 heteroatoms. The molecule has 1 aromatic heterocycles. The maximum atomic E-state index is 13.4. The minimum atomic E-state index is -0.914. The second-order valence-corrected chi connectivity index (χ2v) is 9.33. The number of thiazole rings is 1. The lowest BCUT2D eigenvalue weighted by atomic mass is 9.92. The Labute approximate surface area is 223 Å². The van der Waals surface area contributed by atoms with Crippen molar-refractivity contribution in [3.63, 3.8) is 0 Å². The van der Waals surface area contributed by atoms with E-state index in [1.165, 1.54) is 23.4 Å². The average molecular weight is 549 g/mol. The fraction of sp³-hybridized carbons (Fsp3) is 0.478. The maximum Gasteiger partial charge on any atom is 0.312 e. The summed E-state index contributed by atoms with van der Waals surface area (Å²) in [5, 5.41) is 24.6. The monoisotopic (exact) mass is 548 g/mol. The van der Waals surface area contributed by atoms with Crippen LogP contribution >= 0.6 is 11.3 Å². The number of rotatable bonds is 18. The molecule has 0 radical (unpaired) electrons. The summed E-state index contributed by atoms with van der Waals surface area (Å²) >= 11 is 1.24. The number of aryl methyl sites for hydroxylation is 1. The van der Waals surface area contributed by atoms with Gasteiger partial charge in [0, 0.05) is 18.6 Å². The number of hydroxylamine groups is 1. The van der Waals surface area contributed by atoms with Crippen molar-refractivity contribution >= 4 is 34.8 Å². The van der Waals surface area contributed by atoms with Gasteiger partial charge in [0.1, 0.15) is 6.04 Å². The number of hydrogen-bond donors (Lipinski definition) is 3. The molecule has 0 spiro atoms. The van der Waals surface area contributed by atoms with E-state index >= 15 is 0 Å². The van der Waals surface area contributed by atoms with Gasteiger partial charge in [-0.25, -0.2) is 4.98 Å². The Hall–Kier alpha value is -3.98. The van der Waals surface area contributed by atoms with E-state index in [2.05, 4.69) is 36.4 Å². The zero-order chi connectivity index (χ0) is 27.8. The molecule has 0 aliphatic carbocycles. The Morgan fingerprint density at radius 1 is 1.24 bits per heavy atom. The summed E-state index contributed by atoms with van der Waals surface area (Å²) in [5.41, 5.74) is 3.69.